The minimum absolute atomic E-state index is 0.0434. The van der Waals surface area contributed by atoms with Crippen molar-refractivity contribution in [2.75, 3.05) is 0 Å². The number of furan rings is 1. The Hall–Kier alpha value is -1.97. The average Bonchev–Trinajstić information content (AvgIpc) is 2.55. The molecule has 78 valence electrons. The van der Waals surface area contributed by atoms with Gasteiger partial charge in [-0.25, -0.2) is 4.79 Å². The second kappa shape index (κ2) is 3.31. The molecule has 2 rings (SSSR count). The van der Waals surface area contributed by atoms with Gasteiger partial charge in [-0.2, -0.15) is 0 Å². The van der Waals surface area contributed by atoms with E-state index in [0.717, 1.165) is 0 Å². The second-order valence-electron chi connectivity index (χ2n) is 3.25. The number of carboxylic acid groups (broad SMARTS) is 1. The van der Waals surface area contributed by atoms with E-state index >= 15 is 0 Å². The SMILES string of the molecule is CCc1c(C(=O)O)oc2ccc(O)cc12. The molecule has 0 aliphatic heterocycles. The number of phenolic OH excluding ortho intramolecular Hbond substituents is 1. The van der Waals surface area contributed by atoms with Gasteiger partial charge in [-0.3, -0.25) is 0 Å². The average molecular weight is 206 g/mol. The molecule has 0 spiro atoms. The highest BCUT2D eigenvalue weighted by Crippen LogP contribution is 2.29. The Balaban J connectivity index is 2.79. The van der Waals surface area contributed by atoms with Crippen LogP contribution in [0.1, 0.15) is 23.0 Å². The Bertz CT molecular complexity index is 525. The van der Waals surface area contributed by atoms with Crippen molar-refractivity contribution in [3.63, 3.8) is 0 Å². The van der Waals surface area contributed by atoms with E-state index in [-0.39, 0.29) is 11.5 Å². The highest BCUT2D eigenvalue weighted by molar-refractivity contribution is 5.95. The summed E-state index contributed by atoms with van der Waals surface area (Å²) in [7, 11) is 0. The molecule has 2 N–H and O–H groups in total. The number of rotatable bonds is 2. The van der Waals surface area contributed by atoms with E-state index in [1.165, 1.54) is 12.1 Å². The Labute approximate surface area is 85.8 Å². The van der Waals surface area contributed by atoms with E-state index in [9.17, 15) is 9.90 Å². The number of aromatic carboxylic acids is 1. The number of hydrogen-bond acceptors (Lipinski definition) is 3. The molecular formula is C11H10O4. The lowest BCUT2D eigenvalue weighted by Gasteiger charge is -1.94. The third-order valence-electron chi connectivity index (χ3n) is 2.32. The van der Waals surface area contributed by atoms with Crippen molar-refractivity contribution in [1.82, 2.24) is 0 Å². The lowest BCUT2D eigenvalue weighted by molar-refractivity contribution is 0.0663. The van der Waals surface area contributed by atoms with Crippen LogP contribution < -0.4 is 0 Å². The van der Waals surface area contributed by atoms with Gasteiger partial charge in [0.15, 0.2) is 0 Å². The van der Waals surface area contributed by atoms with Crippen LogP contribution in [0.4, 0.5) is 0 Å². The maximum absolute atomic E-state index is 10.9. The number of fused-ring (bicyclic) bond motifs is 1. The second-order valence-corrected chi connectivity index (χ2v) is 3.25. The van der Waals surface area contributed by atoms with Gasteiger partial charge in [-0.05, 0) is 24.6 Å². The van der Waals surface area contributed by atoms with E-state index < -0.39 is 5.97 Å². The molecule has 0 amide bonds. The normalized spacial score (nSPS) is 10.7. The predicted molar refractivity (Wildman–Crippen MR) is 54.2 cm³/mol. The molecule has 0 saturated heterocycles. The standard InChI is InChI=1S/C11H10O4/c1-2-7-8-5-6(12)3-4-9(8)15-10(7)11(13)14/h3-5,12H,2H2,1H3,(H,13,14). The molecule has 0 unspecified atom stereocenters. The van der Waals surface area contributed by atoms with Crippen molar-refractivity contribution in [1.29, 1.82) is 0 Å². The Morgan fingerprint density at radius 3 is 2.80 bits per heavy atom. The van der Waals surface area contributed by atoms with E-state index in [1.807, 2.05) is 6.92 Å². The first-order valence-corrected chi connectivity index (χ1v) is 4.61. The van der Waals surface area contributed by atoms with Crippen LogP contribution in [0.25, 0.3) is 11.0 Å². The highest BCUT2D eigenvalue weighted by Gasteiger charge is 2.18. The van der Waals surface area contributed by atoms with Crippen molar-refractivity contribution in [2.45, 2.75) is 13.3 Å². The highest BCUT2D eigenvalue weighted by atomic mass is 16.4. The topological polar surface area (TPSA) is 70.7 Å². The zero-order chi connectivity index (χ0) is 11.0. The van der Waals surface area contributed by atoms with Gasteiger partial charge in [0.25, 0.3) is 0 Å². The third-order valence-corrected chi connectivity index (χ3v) is 2.32. The van der Waals surface area contributed by atoms with Gasteiger partial charge in [0.1, 0.15) is 11.3 Å². The van der Waals surface area contributed by atoms with E-state index in [1.54, 1.807) is 6.07 Å². The van der Waals surface area contributed by atoms with Crippen LogP contribution >= 0.6 is 0 Å². The summed E-state index contributed by atoms with van der Waals surface area (Å²) in [5.41, 5.74) is 1.11. The summed E-state index contributed by atoms with van der Waals surface area (Å²) in [5, 5.41) is 18.9. The number of aryl methyl sites for hydroxylation is 1. The van der Waals surface area contributed by atoms with Gasteiger partial charge < -0.3 is 14.6 Å². The van der Waals surface area contributed by atoms with Crippen LogP contribution in [-0.2, 0) is 6.42 Å². The Kier molecular flexibility index (Phi) is 2.11. The molecule has 0 atom stereocenters. The zero-order valence-electron chi connectivity index (χ0n) is 8.15. The predicted octanol–water partition coefficient (Wildman–Crippen LogP) is 2.40. The van der Waals surface area contributed by atoms with Crippen LogP contribution in [-0.4, -0.2) is 16.2 Å². The minimum Gasteiger partial charge on any atom is -0.508 e. The van der Waals surface area contributed by atoms with Crippen LogP contribution in [0.3, 0.4) is 0 Å². The number of hydrogen-bond donors (Lipinski definition) is 2. The van der Waals surface area contributed by atoms with Crippen molar-refractivity contribution in [3.8, 4) is 5.75 Å². The number of carboxylic acids is 1. The molecule has 2 aromatic rings. The third kappa shape index (κ3) is 1.44. The summed E-state index contributed by atoms with van der Waals surface area (Å²) < 4.78 is 5.20. The molecule has 0 radical (unpaired) electrons. The van der Waals surface area contributed by atoms with Crippen molar-refractivity contribution >= 4 is 16.9 Å². The zero-order valence-corrected chi connectivity index (χ0v) is 8.15. The molecule has 15 heavy (non-hydrogen) atoms. The minimum atomic E-state index is -1.08. The van der Waals surface area contributed by atoms with Gasteiger partial charge in [0, 0.05) is 10.9 Å². The molecule has 1 aromatic carbocycles. The first kappa shape index (κ1) is 9.58. The molecule has 0 bridgehead atoms. The molecule has 4 heteroatoms. The molecule has 0 aliphatic rings. The van der Waals surface area contributed by atoms with Crippen molar-refractivity contribution < 1.29 is 19.4 Å². The fourth-order valence-corrected chi connectivity index (χ4v) is 1.66. The fraction of sp³-hybridized carbons (Fsp3) is 0.182. The number of benzene rings is 1. The molecule has 0 aliphatic carbocycles. The molecule has 0 saturated carbocycles. The van der Waals surface area contributed by atoms with E-state index in [4.69, 9.17) is 9.52 Å². The summed E-state index contributed by atoms with van der Waals surface area (Å²) in [4.78, 5) is 10.9. The number of phenols is 1. The van der Waals surface area contributed by atoms with Crippen LogP contribution in [0, 0.1) is 0 Å². The summed E-state index contributed by atoms with van der Waals surface area (Å²) in [5.74, 6) is -1.02. The van der Waals surface area contributed by atoms with Crippen molar-refractivity contribution in [3.05, 3.63) is 29.5 Å². The van der Waals surface area contributed by atoms with Gasteiger partial charge in [-0.15, -0.1) is 0 Å². The number of aromatic hydroxyl groups is 1. The number of carbonyl (C=O) groups is 1. The Morgan fingerprint density at radius 1 is 1.47 bits per heavy atom. The fourth-order valence-electron chi connectivity index (χ4n) is 1.66. The van der Waals surface area contributed by atoms with Crippen LogP contribution in [0.2, 0.25) is 0 Å². The molecule has 4 nitrogen and oxygen atoms in total. The summed E-state index contributed by atoms with van der Waals surface area (Å²) in [6.45, 7) is 1.85. The van der Waals surface area contributed by atoms with Gasteiger partial charge >= 0.3 is 5.97 Å². The summed E-state index contributed by atoms with van der Waals surface area (Å²) >= 11 is 0. The Morgan fingerprint density at radius 2 is 2.20 bits per heavy atom. The smallest absolute Gasteiger partial charge is 0.372 e. The van der Waals surface area contributed by atoms with Gasteiger partial charge in [-0.1, -0.05) is 6.92 Å². The maximum atomic E-state index is 10.9. The largest absolute Gasteiger partial charge is 0.508 e. The van der Waals surface area contributed by atoms with Gasteiger partial charge in [0.2, 0.25) is 5.76 Å². The van der Waals surface area contributed by atoms with Crippen LogP contribution in [0.15, 0.2) is 22.6 Å². The van der Waals surface area contributed by atoms with E-state index in [2.05, 4.69) is 0 Å². The van der Waals surface area contributed by atoms with Crippen LogP contribution in [0.5, 0.6) is 5.75 Å². The lowest BCUT2D eigenvalue weighted by atomic mass is 10.1. The quantitative estimate of drug-likeness (QED) is 0.791. The molecular weight excluding hydrogens is 196 g/mol. The van der Waals surface area contributed by atoms with Gasteiger partial charge in [0.05, 0.1) is 0 Å². The molecule has 1 heterocycles. The van der Waals surface area contributed by atoms with Crippen molar-refractivity contribution in [2.24, 2.45) is 0 Å². The molecule has 1 aromatic heterocycles. The summed E-state index contributed by atoms with van der Waals surface area (Å²) in [6, 6.07) is 4.55. The lowest BCUT2D eigenvalue weighted by Crippen LogP contribution is -1.97. The monoisotopic (exact) mass is 206 g/mol. The molecule has 0 fully saturated rings. The summed E-state index contributed by atoms with van der Waals surface area (Å²) in [6.07, 6.45) is 0.554. The first-order chi connectivity index (χ1) is 7.13. The maximum Gasteiger partial charge on any atom is 0.372 e. The first-order valence-electron chi connectivity index (χ1n) is 4.61. The van der Waals surface area contributed by atoms with E-state index in [0.29, 0.717) is 23.0 Å².